The Morgan fingerprint density at radius 3 is 1.12 bits per heavy atom. The van der Waals surface area contributed by atoms with E-state index in [2.05, 4.69) is 187 Å². The Morgan fingerprint density at radius 2 is 0.781 bits per heavy atom. The molecule has 6 aromatic rings. The largest absolute Gasteiger partial charge is 0.491 e. The number of aliphatic hydroxyl groups is 2. The third-order valence-corrected chi connectivity index (χ3v) is 14.6. The van der Waals surface area contributed by atoms with Crippen LogP contribution in [-0.2, 0) is 22.3 Å². The summed E-state index contributed by atoms with van der Waals surface area (Å²) in [5, 5.41) is 18.6. The SMILES string of the molecule is C.CC(C)(C)Oc1ccc2c(c1)CC[C@H](c1ccccc1)[C@@H]2c1ccc(OC[C@@H]2CC[C@H](CO)O2)cc1.CC(C)(C)Oc1ccc2c(c1)CC[C@H](c1ccccc1)[C@@H]2c1ccc(OC[C@H]2CC[C@H](CO)O2)cc1. The van der Waals surface area contributed by atoms with Crippen LogP contribution in [0.4, 0.5) is 0 Å². The second kappa shape index (κ2) is 24.1. The number of fused-ring (bicyclic) bond motifs is 2. The molecule has 0 amide bonds. The van der Waals surface area contributed by atoms with E-state index in [1.807, 2.05) is 0 Å². The summed E-state index contributed by atoms with van der Waals surface area (Å²) in [7, 11) is 0. The molecule has 0 bridgehead atoms. The summed E-state index contributed by atoms with van der Waals surface area (Å²) in [5.41, 5.74) is 10.5. The Kier molecular flexibility index (Phi) is 17.7. The third kappa shape index (κ3) is 14.0. The molecule has 0 aromatic heterocycles. The van der Waals surface area contributed by atoms with Crippen LogP contribution in [0.3, 0.4) is 0 Å². The Balaban J connectivity index is 0.000000192. The van der Waals surface area contributed by atoms with E-state index in [9.17, 15) is 10.2 Å². The van der Waals surface area contributed by atoms with Crippen molar-refractivity contribution in [1.82, 2.24) is 0 Å². The fourth-order valence-electron chi connectivity index (χ4n) is 11.4. The zero-order valence-corrected chi connectivity index (χ0v) is 43.3. The fourth-order valence-corrected chi connectivity index (χ4v) is 11.4. The average molecular weight is 989 g/mol. The number of ether oxygens (including phenoxy) is 6. The highest BCUT2D eigenvalue weighted by molar-refractivity contribution is 5.50. The maximum absolute atomic E-state index is 9.29. The number of benzene rings is 6. The maximum Gasteiger partial charge on any atom is 0.120 e. The van der Waals surface area contributed by atoms with Crippen LogP contribution in [0.1, 0.15) is 156 Å². The van der Waals surface area contributed by atoms with Crippen LogP contribution in [0.15, 0.2) is 146 Å². The molecule has 73 heavy (non-hydrogen) atoms. The third-order valence-electron chi connectivity index (χ3n) is 14.6. The molecular weight excluding hydrogens is 909 g/mol. The highest BCUT2D eigenvalue weighted by Gasteiger charge is 2.35. The summed E-state index contributed by atoms with van der Waals surface area (Å²) in [5.74, 6) is 4.99. The molecule has 8 nitrogen and oxygen atoms in total. The summed E-state index contributed by atoms with van der Waals surface area (Å²) >= 11 is 0. The summed E-state index contributed by atoms with van der Waals surface area (Å²) in [6, 6.07) is 52.3. The van der Waals surface area contributed by atoms with Crippen molar-refractivity contribution in [3.63, 3.8) is 0 Å². The zero-order valence-electron chi connectivity index (χ0n) is 43.3. The standard InChI is InChI=1S/2C32H38O4.CH4/c2*1-32(2,3)36-26-16-18-30-24(19-26)11-17-29(22-7-5-4-6-8-22)31(30)23-9-12-25(13-10-23)34-21-28-15-14-27(20-33)35-28;/h2*4-10,12-13,16,18-19,27-29,31,33H,11,14-15,17,20-21H2,1-3H3;1H4/t27-,28+,29-,31+;27-,28-,29-,31+;/m11./s1. The maximum atomic E-state index is 9.29. The number of aliphatic hydroxyl groups excluding tert-OH is 2. The highest BCUT2D eigenvalue weighted by atomic mass is 16.6. The lowest BCUT2D eigenvalue weighted by atomic mass is 9.69. The van der Waals surface area contributed by atoms with E-state index in [4.69, 9.17) is 28.4 Å². The van der Waals surface area contributed by atoms with Crippen molar-refractivity contribution in [1.29, 1.82) is 0 Å². The average Bonchev–Trinajstić information content (AvgIpc) is 4.07. The Hall–Kier alpha value is -5.64. The van der Waals surface area contributed by atoms with Crippen LogP contribution in [0, 0.1) is 0 Å². The second-order valence-electron chi connectivity index (χ2n) is 22.3. The van der Waals surface area contributed by atoms with Gasteiger partial charge in [0.2, 0.25) is 0 Å². The minimum Gasteiger partial charge on any atom is -0.491 e. The van der Waals surface area contributed by atoms with Crippen molar-refractivity contribution in [2.75, 3.05) is 26.4 Å². The summed E-state index contributed by atoms with van der Waals surface area (Å²) in [6.07, 6.45) is 7.97. The molecule has 8 heteroatoms. The first kappa shape index (κ1) is 53.6. The first-order valence-corrected chi connectivity index (χ1v) is 26.5. The lowest BCUT2D eigenvalue weighted by Crippen LogP contribution is -2.24. The van der Waals surface area contributed by atoms with Crippen LogP contribution in [-0.4, -0.2) is 72.3 Å². The molecule has 8 atom stereocenters. The molecule has 2 aliphatic carbocycles. The molecule has 0 unspecified atom stereocenters. The molecule has 4 aliphatic rings. The topological polar surface area (TPSA) is 95.8 Å². The van der Waals surface area contributed by atoms with E-state index >= 15 is 0 Å². The van der Waals surface area contributed by atoms with Gasteiger partial charge >= 0.3 is 0 Å². The molecule has 388 valence electrons. The van der Waals surface area contributed by atoms with E-state index in [0.29, 0.717) is 25.0 Å². The van der Waals surface area contributed by atoms with Gasteiger partial charge in [0.15, 0.2) is 0 Å². The first-order chi connectivity index (χ1) is 34.8. The van der Waals surface area contributed by atoms with Gasteiger partial charge in [-0.1, -0.05) is 104 Å². The summed E-state index contributed by atoms with van der Waals surface area (Å²) < 4.78 is 36.1. The molecule has 6 aromatic carbocycles. The number of hydrogen-bond acceptors (Lipinski definition) is 8. The van der Waals surface area contributed by atoms with Crippen LogP contribution in [0.5, 0.6) is 23.0 Å². The number of aryl methyl sites for hydroxylation is 2. The van der Waals surface area contributed by atoms with E-state index in [-0.39, 0.29) is 68.1 Å². The normalized spacial score (nSPS) is 23.5. The van der Waals surface area contributed by atoms with Crippen molar-refractivity contribution in [3.05, 3.63) is 190 Å². The summed E-state index contributed by atoms with van der Waals surface area (Å²) in [4.78, 5) is 0. The van der Waals surface area contributed by atoms with Crippen LogP contribution in [0.2, 0.25) is 0 Å². The van der Waals surface area contributed by atoms with Gasteiger partial charge in [0.1, 0.15) is 47.4 Å². The molecule has 2 heterocycles. The van der Waals surface area contributed by atoms with Gasteiger partial charge in [0.05, 0.1) is 37.6 Å². The van der Waals surface area contributed by atoms with Crippen molar-refractivity contribution in [2.24, 2.45) is 0 Å². The highest BCUT2D eigenvalue weighted by Crippen LogP contribution is 2.49. The van der Waals surface area contributed by atoms with Gasteiger partial charge < -0.3 is 38.6 Å². The first-order valence-electron chi connectivity index (χ1n) is 26.5. The quantitative estimate of drug-likeness (QED) is 0.111. The van der Waals surface area contributed by atoms with E-state index in [1.54, 1.807) is 0 Å². The van der Waals surface area contributed by atoms with E-state index in [1.165, 1.54) is 44.5 Å². The number of hydrogen-bond donors (Lipinski definition) is 2. The molecular formula is C65H80O8. The molecule has 2 fully saturated rings. The van der Waals surface area contributed by atoms with Crippen molar-refractivity contribution < 1.29 is 38.6 Å². The molecule has 10 rings (SSSR count). The van der Waals surface area contributed by atoms with Gasteiger partial charge in [0, 0.05) is 11.8 Å². The fraction of sp³-hybridized carbons (Fsp3) is 0.446. The predicted molar refractivity (Wildman–Crippen MR) is 293 cm³/mol. The van der Waals surface area contributed by atoms with Gasteiger partial charge in [-0.05, 0) is 198 Å². The van der Waals surface area contributed by atoms with E-state index < -0.39 is 0 Å². The Morgan fingerprint density at radius 1 is 0.425 bits per heavy atom. The van der Waals surface area contributed by atoms with Gasteiger partial charge in [-0.15, -0.1) is 0 Å². The van der Waals surface area contributed by atoms with Gasteiger partial charge in [-0.2, -0.15) is 0 Å². The number of rotatable bonds is 14. The lowest BCUT2D eigenvalue weighted by molar-refractivity contribution is -0.00723. The predicted octanol–water partition coefficient (Wildman–Crippen LogP) is 13.9. The van der Waals surface area contributed by atoms with Crippen LogP contribution in [0.25, 0.3) is 0 Å². The molecule has 2 saturated heterocycles. The molecule has 0 spiro atoms. The van der Waals surface area contributed by atoms with Crippen molar-refractivity contribution in [2.45, 2.75) is 160 Å². The monoisotopic (exact) mass is 989 g/mol. The molecule has 2 aliphatic heterocycles. The Bertz CT molecular complexity index is 2450. The molecule has 0 radical (unpaired) electrons. The van der Waals surface area contributed by atoms with Gasteiger partial charge in [-0.3, -0.25) is 0 Å². The second-order valence-corrected chi connectivity index (χ2v) is 22.3. The summed E-state index contributed by atoms with van der Waals surface area (Å²) in [6.45, 7) is 13.8. The lowest BCUT2D eigenvalue weighted by Gasteiger charge is -2.35. The smallest absolute Gasteiger partial charge is 0.120 e. The zero-order chi connectivity index (χ0) is 50.2. The van der Waals surface area contributed by atoms with Gasteiger partial charge in [0.25, 0.3) is 0 Å². The Labute approximate surface area is 436 Å². The molecule has 2 N–H and O–H groups in total. The minimum absolute atomic E-state index is 0. The van der Waals surface area contributed by atoms with E-state index in [0.717, 1.165) is 74.4 Å². The molecule has 0 saturated carbocycles. The van der Waals surface area contributed by atoms with Gasteiger partial charge in [-0.25, -0.2) is 0 Å². The van der Waals surface area contributed by atoms with Crippen molar-refractivity contribution >= 4 is 0 Å². The minimum atomic E-state index is -0.215. The van der Waals surface area contributed by atoms with Crippen LogP contribution < -0.4 is 18.9 Å². The van der Waals surface area contributed by atoms with Crippen molar-refractivity contribution in [3.8, 4) is 23.0 Å². The van der Waals surface area contributed by atoms with Crippen LogP contribution >= 0.6 is 0 Å².